The lowest BCUT2D eigenvalue weighted by atomic mass is 10.1. The number of ether oxygens (including phenoxy) is 2. The second-order valence-corrected chi connectivity index (χ2v) is 9.31. The predicted molar refractivity (Wildman–Crippen MR) is 134 cm³/mol. The number of likely N-dealkylation sites (N-methyl/N-ethyl adjacent to an activating group) is 1. The maximum atomic E-state index is 13.0. The minimum atomic E-state index is -0.0596. The Morgan fingerprint density at radius 3 is 2.64 bits per heavy atom. The molecule has 0 saturated carbocycles. The van der Waals surface area contributed by atoms with Gasteiger partial charge >= 0.3 is 0 Å². The molecule has 4 rings (SSSR count). The number of hydrogen-bond acceptors (Lipinski definition) is 6. The molecule has 1 aliphatic rings. The molecule has 2 aromatic carbocycles. The highest BCUT2D eigenvalue weighted by Gasteiger charge is 2.21. The summed E-state index contributed by atoms with van der Waals surface area (Å²) in [5, 5.41) is 4.21. The van der Waals surface area contributed by atoms with E-state index in [1.54, 1.807) is 11.3 Å². The topological polar surface area (TPSA) is 54.0 Å². The number of morpholine rings is 1. The quantitative estimate of drug-likeness (QED) is 0.515. The monoisotopic (exact) mass is 465 g/mol. The van der Waals surface area contributed by atoms with Gasteiger partial charge in [-0.25, -0.2) is 0 Å². The van der Waals surface area contributed by atoms with Crippen LogP contribution in [0.5, 0.6) is 5.75 Å². The molecule has 1 aliphatic heterocycles. The molecule has 0 spiro atoms. The Hall–Kier alpha value is -2.87. The molecule has 0 atom stereocenters. The molecule has 6 nitrogen and oxygen atoms in total. The van der Waals surface area contributed by atoms with Gasteiger partial charge in [0.2, 0.25) is 0 Å². The Bertz CT molecular complexity index is 1050. The van der Waals surface area contributed by atoms with Gasteiger partial charge < -0.3 is 24.6 Å². The van der Waals surface area contributed by atoms with Crippen LogP contribution >= 0.6 is 11.3 Å². The van der Waals surface area contributed by atoms with Crippen molar-refractivity contribution in [2.24, 2.45) is 0 Å². The van der Waals surface area contributed by atoms with Crippen molar-refractivity contribution in [1.29, 1.82) is 0 Å². The third kappa shape index (κ3) is 6.35. The van der Waals surface area contributed by atoms with Gasteiger partial charge in [0.15, 0.2) is 0 Å². The zero-order valence-electron chi connectivity index (χ0n) is 19.3. The van der Waals surface area contributed by atoms with Crippen LogP contribution in [-0.4, -0.2) is 64.4 Å². The second kappa shape index (κ2) is 11.3. The summed E-state index contributed by atoms with van der Waals surface area (Å²) >= 11 is 1.55. The van der Waals surface area contributed by atoms with E-state index in [1.165, 1.54) is 0 Å². The van der Waals surface area contributed by atoms with E-state index < -0.39 is 0 Å². The van der Waals surface area contributed by atoms with Crippen LogP contribution in [0.1, 0.15) is 15.2 Å². The number of amides is 1. The van der Waals surface area contributed by atoms with Crippen LogP contribution in [0.4, 0.5) is 5.00 Å². The summed E-state index contributed by atoms with van der Waals surface area (Å²) in [6.45, 7) is 5.03. The Morgan fingerprint density at radius 2 is 1.88 bits per heavy atom. The molecule has 1 amide bonds. The SMILES string of the molecule is CN(C)CCOc1cccc(CNC(=O)c2cc(-c3ccccc3)c(N3CCOCC3)s2)c1. The zero-order chi connectivity index (χ0) is 23.0. The number of rotatable bonds is 9. The fraction of sp³-hybridized carbons (Fsp3) is 0.346. The predicted octanol–water partition coefficient (Wildman–Crippen LogP) is 4.12. The normalized spacial score (nSPS) is 13.8. The van der Waals surface area contributed by atoms with Crippen LogP contribution in [0.3, 0.4) is 0 Å². The number of nitrogens with zero attached hydrogens (tertiary/aromatic N) is 2. The maximum absolute atomic E-state index is 13.0. The molecule has 1 saturated heterocycles. The first-order valence-electron chi connectivity index (χ1n) is 11.3. The number of thiophene rings is 1. The molecule has 0 bridgehead atoms. The lowest BCUT2D eigenvalue weighted by molar-refractivity contribution is 0.0955. The minimum absolute atomic E-state index is 0.0596. The number of benzene rings is 2. The van der Waals surface area contributed by atoms with Crippen molar-refractivity contribution in [1.82, 2.24) is 10.2 Å². The molecule has 174 valence electrons. The summed E-state index contributed by atoms with van der Waals surface area (Å²) in [5.41, 5.74) is 3.24. The van der Waals surface area contributed by atoms with Gasteiger partial charge in [0.25, 0.3) is 5.91 Å². The summed E-state index contributed by atoms with van der Waals surface area (Å²) in [6.07, 6.45) is 0. The third-order valence-corrected chi connectivity index (χ3v) is 6.67. The van der Waals surface area contributed by atoms with Crippen molar-refractivity contribution in [3.8, 4) is 16.9 Å². The van der Waals surface area contributed by atoms with E-state index in [4.69, 9.17) is 9.47 Å². The van der Waals surface area contributed by atoms with Crippen LogP contribution < -0.4 is 15.0 Å². The average Bonchev–Trinajstić information content (AvgIpc) is 3.29. The lowest BCUT2D eigenvalue weighted by Gasteiger charge is -2.28. The van der Waals surface area contributed by atoms with E-state index in [1.807, 2.05) is 62.6 Å². The molecule has 2 heterocycles. The number of anilines is 1. The van der Waals surface area contributed by atoms with Crippen LogP contribution in [-0.2, 0) is 11.3 Å². The Morgan fingerprint density at radius 1 is 1.09 bits per heavy atom. The molecule has 0 radical (unpaired) electrons. The molecule has 0 aliphatic carbocycles. The Labute approximate surface area is 199 Å². The van der Waals surface area contributed by atoms with Crippen molar-refractivity contribution in [3.05, 3.63) is 71.1 Å². The second-order valence-electron chi connectivity index (χ2n) is 8.28. The smallest absolute Gasteiger partial charge is 0.261 e. The van der Waals surface area contributed by atoms with Crippen molar-refractivity contribution in [2.75, 3.05) is 58.5 Å². The molecule has 1 aromatic heterocycles. The largest absolute Gasteiger partial charge is 0.492 e. The van der Waals surface area contributed by atoms with E-state index in [-0.39, 0.29) is 5.91 Å². The summed E-state index contributed by atoms with van der Waals surface area (Å²) in [6, 6.07) is 20.2. The summed E-state index contributed by atoms with van der Waals surface area (Å²) in [5.74, 6) is 0.760. The van der Waals surface area contributed by atoms with E-state index in [0.29, 0.717) is 31.2 Å². The summed E-state index contributed by atoms with van der Waals surface area (Å²) in [4.78, 5) is 18.2. The number of carbonyl (C=O) groups is 1. The summed E-state index contributed by atoms with van der Waals surface area (Å²) < 4.78 is 11.3. The molecule has 3 aromatic rings. The molecule has 33 heavy (non-hydrogen) atoms. The summed E-state index contributed by atoms with van der Waals surface area (Å²) in [7, 11) is 4.04. The average molecular weight is 466 g/mol. The van der Waals surface area contributed by atoms with Crippen LogP contribution in [0.25, 0.3) is 11.1 Å². The van der Waals surface area contributed by atoms with E-state index in [9.17, 15) is 4.79 Å². The van der Waals surface area contributed by atoms with Crippen LogP contribution in [0.2, 0.25) is 0 Å². The van der Waals surface area contributed by atoms with Gasteiger partial charge in [0.1, 0.15) is 12.4 Å². The third-order valence-electron chi connectivity index (χ3n) is 5.48. The van der Waals surface area contributed by atoms with Crippen LogP contribution in [0, 0.1) is 0 Å². The van der Waals surface area contributed by atoms with E-state index in [2.05, 4.69) is 27.2 Å². The lowest BCUT2D eigenvalue weighted by Crippen LogP contribution is -2.35. The molecule has 1 N–H and O–H groups in total. The van der Waals surface area contributed by atoms with Gasteiger partial charge in [-0.15, -0.1) is 11.3 Å². The molecule has 7 heteroatoms. The highest BCUT2D eigenvalue weighted by Crippen LogP contribution is 2.39. The molecular weight excluding hydrogens is 434 g/mol. The van der Waals surface area contributed by atoms with Crippen molar-refractivity contribution >= 4 is 22.2 Å². The highest BCUT2D eigenvalue weighted by molar-refractivity contribution is 7.18. The number of hydrogen-bond donors (Lipinski definition) is 1. The van der Waals surface area contributed by atoms with Gasteiger partial charge in [0, 0.05) is 31.7 Å². The number of carbonyl (C=O) groups excluding carboxylic acids is 1. The standard InChI is InChI=1S/C26H31N3O3S/c1-28(2)11-16-32-22-10-6-7-20(17-22)19-27-25(30)24-18-23(21-8-4-3-5-9-21)26(33-24)29-12-14-31-15-13-29/h3-10,17-18H,11-16,19H2,1-2H3,(H,27,30). The van der Waals surface area contributed by atoms with Gasteiger partial charge in [-0.05, 0) is 43.4 Å². The van der Waals surface area contributed by atoms with Crippen molar-refractivity contribution in [3.63, 3.8) is 0 Å². The number of nitrogens with one attached hydrogen (secondary N) is 1. The molecule has 1 fully saturated rings. The van der Waals surface area contributed by atoms with Crippen molar-refractivity contribution in [2.45, 2.75) is 6.54 Å². The van der Waals surface area contributed by atoms with Gasteiger partial charge in [-0.3, -0.25) is 4.79 Å². The Kier molecular flexibility index (Phi) is 7.99. The van der Waals surface area contributed by atoms with Gasteiger partial charge in [-0.1, -0.05) is 42.5 Å². The van der Waals surface area contributed by atoms with Crippen molar-refractivity contribution < 1.29 is 14.3 Å². The Balaban J connectivity index is 1.45. The van der Waals surface area contributed by atoms with Gasteiger partial charge in [0.05, 0.1) is 23.1 Å². The highest BCUT2D eigenvalue weighted by atomic mass is 32.1. The first-order chi connectivity index (χ1) is 16.1. The molecule has 0 unspecified atom stereocenters. The first-order valence-corrected chi connectivity index (χ1v) is 12.1. The van der Waals surface area contributed by atoms with Crippen LogP contribution in [0.15, 0.2) is 60.7 Å². The fourth-order valence-electron chi connectivity index (χ4n) is 3.68. The zero-order valence-corrected chi connectivity index (χ0v) is 20.1. The first kappa shape index (κ1) is 23.3. The maximum Gasteiger partial charge on any atom is 0.261 e. The molecular formula is C26H31N3O3S. The minimum Gasteiger partial charge on any atom is -0.492 e. The fourth-order valence-corrected chi connectivity index (χ4v) is 4.83. The van der Waals surface area contributed by atoms with E-state index in [0.717, 1.165) is 47.1 Å². The van der Waals surface area contributed by atoms with E-state index >= 15 is 0 Å². The van der Waals surface area contributed by atoms with Gasteiger partial charge in [-0.2, -0.15) is 0 Å².